The molecule has 0 aliphatic carbocycles. The Balaban J connectivity index is 1.75. The van der Waals surface area contributed by atoms with Crippen molar-refractivity contribution in [1.29, 1.82) is 0 Å². The molecule has 0 fully saturated rings. The van der Waals surface area contributed by atoms with Crippen molar-refractivity contribution in [3.8, 4) is 5.75 Å². The van der Waals surface area contributed by atoms with E-state index in [2.05, 4.69) is 10.4 Å². The Morgan fingerprint density at radius 1 is 1.17 bits per heavy atom. The molecular formula is C23H26ClN3O2. The minimum atomic E-state index is -0.135. The fraction of sp³-hybridized carbons (Fsp3) is 0.304. The number of nitrogens with one attached hydrogen (secondary N) is 1. The van der Waals surface area contributed by atoms with E-state index in [1.807, 2.05) is 80.9 Å². The number of benzene rings is 2. The molecule has 0 spiro atoms. The molecule has 0 bridgehead atoms. The van der Waals surface area contributed by atoms with E-state index >= 15 is 0 Å². The largest absolute Gasteiger partial charge is 0.494 e. The van der Waals surface area contributed by atoms with Crippen molar-refractivity contribution < 1.29 is 9.53 Å². The predicted molar refractivity (Wildman–Crippen MR) is 116 cm³/mol. The number of ether oxygens (including phenoxy) is 1. The minimum absolute atomic E-state index is 0.133. The second-order valence-electron chi connectivity index (χ2n) is 6.99. The van der Waals surface area contributed by atoms with Crippen LogP contribution in [0.15, 0.2) is 48.5 Å². The lowest BCUT2D eigenvalue weighted by atomic mass is 10.1. The molecule has 29 heavy (non-hydrogen) atoms. The third-order valence-electron chi connectivity index (χ3n) is 4.93. The van der Waals surface area contributed by atoms with Crippen molar-refractivity contribution >= 4 is 17.5 Å². The minimum Gasteiger partial charge on any atom is -0.494 e. The first-order valence-electron chi connectivity index (χ1n) is 9.71. The molecule has 3 rings (SSSR count). The Labute approximate surface area is 176 Å². The molecule has 1 N–H and O–H groups in total. The average Bonchev–Trinajstić information content (AvgIpc) is 2.97. The van der Waals surface area contributed by atoms with E-state index in [0.29, 0.717) is 29.4 Å². The summed E-state index contributed by atoms with van der Waals surface area (Å²) in [5.41, 5.74) is 4.11. The van der Waals surface area contributed by atoms with E-state index in [9.17, 15) is 4.79 Å². The fourth-order valence-electron chi connectivity index (χ4n) is 3.34. The van der Waals surface area contributed by atoms with Crippen LogP contribution in [-0.2, 0) is 6.54 Å². The molecule has 1 amide bonds. The van der Waals surface area contributed by atoms with Gasteiger partial charge in [-0.25, -0.2) is 0 Å². The number of hydrogen-bond acceptors (Lipinski definition) is 3. The standard InChI is InChI=1S/C23H26ClN3O2/c1-5-29-20-12-10-18(11-13-20)15(2)25-23(28)22-16(3)26-27(17(22)4)14-19-8-6-7-9-21(19)24/h6-13,15H,5,14H2,1-4H3,(H,25,28). The maximum absolute atomic E-state index is 13.0. The third kappa shape index (κ3) is 4.80. The van der Waals surface area contributed by atoms with Crippen LogP contribution in [0.3, 0.4) is 0 Å². The van der Waals surface area contributed by atoms with Crippen LogP contribution in [0.25, 0.3) is 0 Å². The molecule has 152 valence electrons. The summed E-state index contributed by atoms with van der Waals surface area (Å²) in [5.74, 6) is 0.689. The van der Waals surface area contributed by atoms with E-state index in [1.54, 1.807) is 0 Å². The van der Waals surface area contributed by atoms with Crippen LogP contribution >= 0.6 is 11.6 Å². The summed E-state index contributed by atoms with van der Waals surface area (Å²) in [4.78, 5) is 13.0. The Kier molecular flexibility index (Phi) is 6.60. The van der Waals surface area contributed by atoms with Gasteiger partial charge < -0.3 is 10.1 Å². The van der Waals surface area contributed by atoms with Crippen molar-refractivity contribution in [2.75, 3.05) is 6.61 Å². The summed E-state index contributed by atoms with van der Waals surface area (Å²) < 4.78 is 7.30. The number of halogens is 1. The van der Waals surface area contributed by atoms with Gasteiger partial charge in [0.25, 0.3) is 5.91 Å². The SMILES string of the molecule is CCOc1ccc(C(C)NC(=O)c2c(C)nn(Cc3ccccc3Cl)c2C)cc1. The normalized spacial score (nSPS) is 11.9. The number of nitrogens with zero attached hydrogens (tertiary/aromatic N) is 2. The first-order chi connectivity index (χ1) is 13.9. The van der Waals surface area contributed by atoms with Gasteiger partial charge in [-0.2, -0.15) is 5.10 Å². The van der Waals surface area contributed by atoms with Gasteiger partial charge in [0.15, 0.2) is 0 Å². The maximum atomic E-state index is 13.0. The number of aryl methyl sites for hydroxylation is 1. The molecular weight excluding hydrogens is 386 g/mol. The van der Waals surface area contributed by atoms with E-state index in [0.717, 1.165) is 22.6 Å². The highest BCUT2D eigenvalue weighted by Gasteiger charge is 2.21. The number of amides is 1. The van der Waals surface area contributed by atoms with Crippen molar-refractivity contribution in [3.05, 3.63) is 81.6 Å². The molecule has 1 heterocycles. The van der Waals surface area contributed by atoms with Crippen LogP contribution in [0, 0.1) is 13.8 Å². The summed E-state index contributed by atoms with van der Waals surface area (Å²) in [6, 6.07) is 15.3. The summed E-state index contributed by atoms with van der Waals surface area (Å²) in [5, 5.41) is 8.33. The second kappa shape index (κ2) is 9.14. The third-order valence-corrected chi connectivity index (χ3v) is 5.29. The van der Waals surface area contributed by atoms with E-state index < -0.39 is 0 Å². The summed E-state index contributed by atoms with van der Waals surface area (Å²) in [6.45, 7) is 8.83. The Bertz CT molecular complexity index is 996. The predicted octanol–water partition coefficient (Wildman–Crippen LogP) is 5.09. The molecule has 0 saturated heterocycles. The highest BCUT2D eigenvalue weighted by atomic mass is 35.5. The van der Waals surface area contributed by atoms with Crippen LogP contribution in [0.5, 0.6) is 5.75 Å². The van der Waals surface area contributed by atoms with Gasteiger partial charge in [0, 0.05) is 10.7 Å². The lowest BCUT2D eigenvalue weighted by Gasteiger charge is -2.15. The van der Waals surface area contributed by atoms with Crippen LogP contribution in [0.1, 0.15) is 52.8 Å². The van der Waals surface area contributed by atoms with Gasteiger partial charge in [-0.3, -0.25) is 9.48 Å². The van der Waals surface area contributed by atoms with E-state index in [4.69, 9.17) is 16.3 Å². The van der Waals surface area contributed by atoms with Gasteiger partial charge in [-0.15, -0.1) is 0 Å². The van der Waals surface area contributed by atoms with Gasteiger partial charge in [0.2, 0.25) is 0 Å². The number of carbonyl (C=O) groups excluding carboxylic acids is 1. The van der Waals surface area contributed by atoms with Crippen LogP contribution in [-0.4, -0.2) is 22.3 Å². The van der Waals surface area contributed by atoms with E-state index in [1.165, 1.54) is 0 Å². The zero-order chi connectivity index (χ0) is 21.0. The van der Waals surface area contributed by atoms with Gasteiger partial charge in [-0.05, 0) is 57.0 Å². The van der Waals surface area contributed by atoms with Crippen molar-refractivity contribution in [1.82, 2.24) is 15.1 Å². The average molecular weight is 412 g/mol. The van der Waals surface area contributed by atoms with Crippen LogP contribution in [0.4, 0.5) is 0 Å². The van der Waals surface area contributed by atoms with Crippen molar-refractivity contribution in [2.24, 2.45) is 0 Å². The van der Waals surface area contributed by atoms with Crippen molar-refractivity contribution in [3.63, 3.8) is 0 Å². The molecule has 2 aromatic carbocycles. The van der Waals surface area contributed by atoms with Gasteiger partial charge in [-0.1, -0.05) is 41.9 Å². The molecule has 0 aliphatic rings. The summed E-state index contributed by atoms with van der Waals surface area (Å²) in [6.07, 6.45) is 0. The van der Waals surface area contributed by atoms with Crippen LogP contribution < -0.4 is 10.1 Å². The first kappa shape index (κ1) is 20.9. The molecule has 0 saturated carbocycles. The molecule has 3 aromatic rings. The number of hydrogen-bond donors (Lipinski definition) is 1. The number of rotatable bonds is 7. The fourth-order valence-corrected chi connectivity index (χ4v) is 3.53. The molecule has 0 aliphatic heterocycles. The zero-order valence-electron chi connectivity index (χ0n) is 17.2. The molecule has 1 unspecified atom stereocenters. The lowest BCUT2D eigenvalue weighted by Crippen LogP contribution is -2.27. The maximum Gasteiger partial charge on any atom is 0.255 e. The first-order valence-corrected chi connectivity index (χ1v) is 10.1. The van der Waals surface area contributed by atoms with E-state index in [-0.39, 0.29) is 11.9 Å². The smallest absolute Gasteiger partial charge is 0.255 e. The quantitative estimate of drug-likeness (QED) is 0.589. The molecule has 1 atom stereocenters. The molecule has 6 heteroatoms. The Morgan fingerprint density at radius 3 is 2.52 bits per heavy atom. The Hall–Kier alpha value is -2.79. The zero-order valence-corrected chi connectivity index (χ0v) is 18.0. The summed E-state index contributed by atoms with van der Waals surface area (Å²) in [7, 11) is 0. The molecule has 1 aromatic heterocycles. The monoisotopic (exact) mass is 411 g/mol. The highest BCUT2D eigenvalue weighted by molar-refractivity contribution is 6.31. The summed E-state index contributed by atoms with van der Waals surface area (Å²) >= 11 is 6.27. The topological polar surface area (TPSA) is 56.1 Å². The van der Waals surface area contributed by atoms with Gasteiger partial charge in [0.1, 0.15) is 5.75 Å². The van der Waals surface area contributed by atoms with Crippen molar-refractivity contribution in [2.45, 2.75) is 40.3 Å². The molecule has 5 nitrogen and oxygen atoms in total. The molecule has 0 radical (unpaired) electrons. The Morgan fingerprint density at radius 2 is 1.86 bits per heavy atom. The highest BCUT2D eigenvalue weighted by Crippen LogP contribution is 2.21. The lowest BCUT2D eigenvalue weighted by molar-refractivity contribution is 0.0938. The number of carbonyl (C=O) groups is 1. The van der Waals surface area contributed by atoms with Gasteiger partial charge >= 0.3 is 0 Å². The van der Waals surface area contributed by atoms with Gasteiger partial charge in [0.05, 0.1) is 30.5 Å². The number of aromatic nitrogens is 2. The van der Waals surface area contributed by atoms with Crippen LogP contribution in [0.2, 0.25) is 5.02 Å². The second-order valence-corrected chi connectivity index (χ2v) is 7.40.